The number of aryl methyl sites for hydroxylation is 1. The van der Waals surface area contributed by atoms with Crippen molar-refractivity contribution in [3.05, 3.63) is 96.4 Å². The van der Waals surface area contributed by atoms with Gasteiger partial charge >= 0.3 is 0 Å². The summed E-state index contributed by atoms with van der Waals surface area (Å²) >= 11 is 0. The van der Waals surface area contributed by atoms with Crippen LogP contribution >= 0.6 is 0 Å². The SMILES string of the molecule is O=C(CCc1ccccc1)c1nc(-c2ccccc2)oc1-c1ccncc1. The maximum absolute atomic E-state index is 12.9. The van der Waals surface area contributed by atoms with E-state index in [1.54, 1.807) is 12.4 Å². The van der Waals surface area contributed by atoms with Crippen molar-refractivity contribution in [2.75, 3.05) is 0 Å². The van der Waals surface area contributed by atoms with Crippen molar-refractivity contribution in [3.63, 3.8) is 0 Å². The van der Waals surface area contributed by atoms with E-state index >= 15 is 0 Å². The molecule has 2 aromatic carbocycles. The van der Waals surface area contributed by atoms with E-state index in [4.69, 9.17) is 4.42 Å². The highest BCUT2D eigenvalue weighted by Crippen LogP contribution is 2.30. The molecule has 0 spiro atoms. The van der Waals surface area contributed by atoms with Gasteiger partial charge < -0.3 is 4.42 Å². The van der Waals surface area contributed by atoms with Crippen molar-refractivity contribution in [1.82, 2.24) is 9.97 Å². The predicted molar refractivity (Wildman–Crippen MR) is 104 cm³/mol. The lowest BCUT2D eigenvalue weighted by molar-refractivity contribution is 0.0979. The van der Waals surface area contributed by atoms with Gasteiger partial charge in [0.15, 0.2) is 17.2 Å². The number of aromatic nitrogens is 2. The molecule has 0 N–H and O–H groups in total. The molecule has 0 amide bonds. The van der Waals surface area contributed by atoms with Gasteiger partial charge in [-0.15, -0.1) is 0 Å². The molecule has 0 fully saturated rings. The first-order valence-corrected chi connectivity index (χ1v) is 8.85. The zero-order valence-corrected chi connectivity index (χ0v) is 14.7. The molecule has 0 saturated heterocycles. The second-order valence-electron chi connectivity index (χ2n) is 6.21. The van der Waals surface area contributed by atoms with Crippen LogP contribution in [0.15, 0.2) is 89.6 Å². The topological polar surface area (TPSA) is 56.0 Å². The Morgan fingerprint density at radius 3 is 2.19 bits per heavy atom. The van der Waals surface area contributed by atoms with Crippen molar-refractivity contribution < 1.29 is 9.21 Å². The van der Waals surface area contributed by atoms with E-state index in [9.17, 15) is 4.79 Å². The summed E-state index contributed by atoms with van der Waals surface area (Å²) in [4.78, 5) is 21.5. The minimum absolute atomic E-state index is 0.0309. The van der Waals surface area contributed by atoms with Gasteiger partial charge in [0, 0.05) is 29.9 Å². The summed E-state index contributed by atoms with van der Waals surface area (Å²) in [7, 11) is 0. The Morgan fingerprint density at radius 2 is 1.48 bits per heavy atom. The zero-order chi connectivity index (χ0) is 18.5. The second-order valence-corrected chi connectivity index (χ2v) is 6.21. The largest absolute Gasteiger partial charge is 0.435 e. The smallest absolute Gasteiger partial charge is 0.227 e. The third kappa shape index (κ3) is 3.85. The molecule has 132 valence electrons. The Balaban J connectivity index is 1.67. The average molecular weight is 354 g/mol. The fraction of sp³-hybridized carbons (Fsp3) is 0.0870. The number of carbonyl (C=O) groups excluding carboxylic acids is 1. The molecular weight excluding hydrogens is 336 g/mol. The lowest BCUT2D eigenvalue weighted by Gasteiger charge is -2.01. The van der Waals surface area contributed by atoms with Crippen molar-refractivity contribution in [2.24, 2.45) is 0 Å². The Kier molecular flexibility index (Phi) is 4.88. The number of hydrogen-bond acceptors (Lipinski definition) is 4. The van der Waals surface area contributed by atoms with Crippen LogP contribution in [0.25, 0.3) is 22.8 Å². The van der Waals surface area contributed by atoms with Crippen LogP contribution in [0.4, 0.5) is 0 Å². The molecule has 2 heterocycles. The summed E-state index contributed by atoms with van der Waals surface area (Å²) in [5.41, 5.74) is 3.14. The molecule has 0 radical (unpaired) electrons. The highest BCUT2D eigenvalue weighted by molar-refractivity contribution is 6.00. The second kappa shape index (κ2) is 7.79. The number of ketones is 1. The molecule has 4 heteroatoms. The number of pyridine rings is 1. The lowest BCUT2D eigenvalue weighted by Crippen LogP contribution is -2.03. The quantitative estimate of drug-likeness (QED) is 0.446. The number of benzene rings is 2. The van der Waals surface area contributed by atoms with Crippen molar-refractivity contribution >= 4 is 5.78 Å². The molecule has 0 atom stereocenters. The standard InChI is InChI=1S/C23H18N2O2/c26-20(12-11-17-7-3-1-4-8-17)21-22(18-13-15-24-16-14-18)27-23(25-21)19-9-5-2-6-10-19/h1-10,13-16H,11-12H2. The van der Waals surface area contributed by atoms with Gasteiger partial charge in [-0.1, -0.05) is 48.5 Å². The van der Waals surface area contributed by atoms with E-state index in [-0.39, 0.29) is 5.78 Å². The van der Waals surface area contributed by atoms with Crippen LogP contribution in [0.5, 0.6) is 0 Å². The highest BCUT2D eigenvalue weighted by atomic mass is 16.4. The van der Waals surface area contributed by atoms with E-state index in [1.807, 2.05) is 72.8 Å². The summed E-state index contributed by atoms with van der Waals surface area (Å²) < 4.78 is 6.00. The van der Waals surface area contributed by atoms with E-state index in [0.717, 1.165) is 16.7 Å². The van der Waals surface area contributed by atoms with Crippen LogP contribution in [0, 0.1) is 0 Å². The van der Waals surface area contributed by atoms with Crippen LogP contribution in [-0.2, 0) is 6.42 Å². The minimum Gasteiger partial charge on any atom is -0.435 e. The number of nitrogens with zero attached hydrogens (tertiary/aromatic N) is 2. The van der Waals surface area contributed by atoms with Gasteiger partial charge in [0.25, 0.3) is 0 Å². The zero-order valence-electron chi connectivity index (χ0n) is 14.7. The van der Waals surface area contributed by atoms with Crippen LogP contribution < -0.4 is 0 Å². The molecule has 4 aromatic rings. The fourth-order valence-electron chi connectivity index (χ4n) is 2.93. The normalized spacial score (nSPS) is 10.7. The Morgan fingerprint density at radius 1 is 0.815 bits per heavy atom. The molecule has 0 bridgehead atoms. The molecular formula is C23H18N2O2. The summed E-state index contributed by atoms with van der Waals surface area (Å²) in [6, 6.07) is 23.2. The van der Waals surface area contributed by atoms with Gasteiger partial charge in [-0.05, 0) is 36.2 Å². The molecule has 0 aliphatic heterocycles. The van der Waals surface area contributed by atoms with Gasteiger partial charge in [0.05, 0.1) is 0 Å². The fourth-order valence-corrected chi connectivity index (χ4v) is 2.93. The molecule has 0 aliphatic carbocycles. The predicted octanol–water partition coefficient (Wildman–Crippen LogP) is 5.22. The number of Topliss-reactive ketones (excluding diaryl/α,β-unsaturated/α-hetero) is 1. The Labute approximate surface area is 157 Å². The van der Waals surface area contributed by atoms with Crippen LogP contribution in [0.3, 0.4) is 0 Å². The minimum atomic E-state index is -0.0309. The number of hydrogen-bond donors (Lipinski definition) is 0. The van der Waals surface area contributed by atoms with Gasteiger partial charge in [0.2, 0.25) is 5.89 Å². The Hall–Kier alpha value is -3.53. The van der Waals surface area contributed by atoms with Gasteiger partial charge in [-0.3, -0.25) is 9.78 Å². The van der Waals surface area contributed by atoms with Gasteiger partial charge in [-0.2, -0.15) is 0 Å². The van der Waals surface area contributed by atoms with E-state index < -0.39 is 0 Å². The molecule has 4 nitrogen and oxygen atoms in total. The van der Waals surface area contributed by atoms with Crippen LogP contribution in [0.1, 0.15) is 22.5 Å². The van der Waals surface area contributed by atoms with E-state index in [0.29, 0.717) is 30.2 Å². The van der Waals surface area contributed by atoms with E-state index in [2.05, 4.69) is 9.97 Å². The number of oxazole rings is 1. The molecule has 4 rings (SSSR count). The molecule has 27 heavy (non-hydrogen) atoms. The molecule has 0 aliphatic rings. The first-order chi connectivity index (χ1) is 13.3. The number of rotatable bonds is 6. The van der Waals surface area contributed by atoms with Crippen molar-refractivity contribution in [3.8, 4) is 22.8 Å². The van der Waals surface area contributed by atoms with Crippen molar-refractivity contribution in [1.29, 1.82) is 0 Å². The lowest BCUT2D eigenvalue weighted by atomic mass is 10.0. The van der Waals surface area contributed by atoms with E-state index in [1.165, 1.54) is 0 Å². The first kappa shape index (κ1) is 16.9. The number of carbonyl (C=O) groups is 1. The maximum Gasteiger partial charge on any atom is 0.227 e. The summed E-state index contributed by atoms with van der Waals surface area (Å²) in [5, 5.41) is 0. The highest BCUT2D eigenvalue weighted by Gasteiger charge is 2.22. The Bertz CT molecular complexity index is 1030. The molecule has 0 unspecified atom stereocenters. The summed E-state index contributed by atoms with van der Waals surface area (Å²) in [6.07, 6.45) is 4.41. The molecule has 2 aromatic heterocycles. The van der Waals surface area contributed by atoms with Gasteiger partial charge in [-0.25, -0.2) is 4.98 Å². The third-order valence-corrected chi connectivity index (χ3v) is 4.34. The van der Waals surface area contributed by atoms with Crippen LogP contribution in [0.2, 0.25) is 0 Å². The average Bonchev–Trinajstić information content (AvgIpc) is 3.20. The first-order valence-electron chi connectivity index (χ1n) is 8.85. The monoisotopic (exact) mass is 354 g/mol. The third-order valence-electron chi connectivity index (χ3n) is 4.34. The summed E-state index contributed by atoms with van der Waals surface area (Å²) in [6.45, 7) is 0. The van der Waals surface area contributed by atoms with Gasteiger partial charge in [0.1, 0.15) is 0 Å². The summed E-state index contributed by atoms with van der Waals surface area (Å²) in [5.74, 6) is 0.913. The van der Waals surface area contributed by atoms with Crippen LogP contribution in [-0.4, -0.2) is 15.8 Å². The van der Waals surface area contributed by atoms with Crippen molar-refractivity contribution in [2.45, 2.75) is 12.8 Å². The molecule has 0 saturated carbocycles. The maximum atomic E-state index is 12.9.